The van der Waals surface area contributed by atoms with E-state index in [9.17, 15) is 4.39 Å². The highest BCUT2D eigenvalue weighted by atomic mass is 19.1. The summed E-state index contributed by atoms with van der Waals surface area (Å²) in [4.78, 5) is 0. The first kappa shape index (κ1) is 20.3. The molecule has 1 nitrogen and oxygen atoms in total. The second-order valence-electron chi connectivity index (χ2n) is 5.06. The number of hydrogen-bond donors (Lipinski definition) is 1. The third kappa shape index (κ3) is 11.0. The summed E-state index contributed by atoms with van der Waals surface area (Å²) in [6.07, 6.45) is 4.42. The van der Waals surface area contributed by atoms with Crippen molar-refractivity contribution < 1.29 is 4.39 Å². The monoisotopic (exact) mass is 303 g/mol. The summed E-state index contributed by atoms with van der Waals surface area (Å²) in [6, 6.07) is 17.0. The number of aryl methyl sites for hydroxylation is 2. The highest BCUT2D eigenvalue weighted by molar-refractivity contribution is 5.15. The molecule has 0 heterocycles. The van der Waals surface area contributed by atoms with Crippen LogP contribution in [0.25, 0.3) is 0 Å². The highest BCUT2D eigenvalue weighted by Crippen LogP contribution is 2.02. The van der Waals surface area contributed by atoms with E-state index in [1.54, 1.807) is 12.1 Å². The topological polar surface area (TPSA) is 26.0 Å². The van der Waals surface area contributed by atoms with Crippen LogP contribution in [-0.2, 0) is 12.8 Å². The molecule has 2 rings (SSSR count). The van der Waals surface area contributed by atoms with Gasteiger partial charge in [0.15, 0.2) is 0 Å². The Morgan fingerprint density at radius 2 is 1.36 bits per heavy atom. The van der Waals surface area contributed by atoms with Crippen LogP contribution in [0.5, 0.6) is 0 Å². The maximum atomic E-state index is 12.2. The Balaban J connectivity index is 0.000000342. The van der Waals surface area contributed by atoms with Gasteiger partial charge >= 0.3 is 0 Å². The van der Waals surface area contributed by atoms with Crippen molar-refractivity contribution in [2.24, 2.45) is 5.73 Å². The van der Waals surface area contributed by atoms with Crippen molar-refractivity contribution in [3.63, 3.8) is 0 Å². The van der Waals surface area contributed by atoms with Gasteiger partial charge in [0.25, 0.3) is 0 Å². The fraction of sp³-hybridized carbons (Fsp3) is 0.400. The Labute approximate surface area is 135 Å². The molecule has 22 heavy (non-hydrogen) atoms. The molecule has 0 fully saturated rings. The van der Waals surface area contributed by atoms with E-state index in [1.807, 2.05) is 13.0 Å². The lowest BCUT2D eigenvalue weighted by Gasteiger charge is -1.96. The lowest BCUT2D eigenvalue weighted by molar-refractivity contribution is 0.627. The normalized spacial score (nSPS) is 9.14. The predicted molar refractivity (Wildman–Crippen MR) is 95.6 cm³/mol. The summed E-state index contributed by atoms with van der Waals surface area (Å²) in [5.74, 6) is -0.160. The summed E-state index contributed by atoms with van der Waals surface area (Å²) in [5, 5.41) is 0. The molecule has 0 unspecified atom stereocenters. The van der Waals surface area contributed by atoms with Gasteiger partial charge in [-0.1, -0.05) is 69.7 Å². The van der Waals surface area contributed by atoms with E-state index >= 15 is 0 Å². The van der Waals surface area contributed by atoms with Crippen LogP contribution < -0.4 is 5.73 Å². The van der Waals surface area contributed by atoms with Crippen LogP contribution in [0.4, 0.5) is 4.39 Å². The molecule has 0 saturated carbocycles. The minimum atomic E-state index is -0.160. The van der Waals surface area contributed by atoms with E-state index in [0.717, 1.165) is 25.8 Å². The van der Waals surface area contributed by atoms with Gasteiger partial charge in [0, 0.05) is 0 Å². The molecule has 0 aliphatic carbocycles. The molecule has 0 atom stereocenters. The van der Waals surface area contributed by atoms with Crippen molar-refractivity contribution in [2.45, 2.75) is 46.5 Å². The van der Waals surface area contributed by atoms with Gasteiger partial charge in [0.2, 0.25) is 0 Å². The maximum Gasteiger partial charge on any atom is 0.123 e. The Bertz CT molecular complexity index is 451. The molecule has 0 radical (unpaired) electrons. The second kappa shape index (κ2) is 14.3. The minimum Gasteiger partial charge on any atom is -0.330 e. The van der Waals surface area contributed by atoms with Gasteiger partial charge < -0.3 is 5.73 Å². The molecule has 2 N–H and O–H groups in total. The number of nitrogens with two attached hydrogens (primary N) is 1. The van der Waals surface area contributed by atoms with Crippen molar-refractivity contribution in [1.82, 2.24) is 0 Å². The van der Waals surface area contributed by atoms with Gasteiger partial charge in [0.05, 0.1) is 0 Å². The minimum absolute atomic E-state index is 0.160. The fourth-order valence-corrected chi connectivity index (χ4v) is 1.67. The standard InChI is InChI=1S/C9H13N.C8H9F.C3H8/c10-8-4-7-9-5-2-1-3-6-9;1-2-7-3-5-8(9)6-4-7;1-3-2/h1-3,5-6H,4,7-8,10H2;3-6H,2H2,1H3;3H2,1-2H3. The molecule has 2 aromatic rings. The van der Waals surface area contributed by atoms with Gasteiger partial charge in [-0.05, 0) is 49.1 Å². The molecule has 0 bridgehead atoms. The largest absolute Gasteiger partial charge is 0.330 e. The second-order valence-corrected chi connectivity index (χ2v) is 5.06. The van der Waals surface area contributed by atoms with E-state index in [-0.39, 0.29) is 5.82 Å². The Kier molecular flexibility index (Phi) is 13.2. The zero-order valence-electron chi connectivity index (χ0n) is 14.2. The van der Waals surface area contributed by atoms with E-state index < -0.39 is 0 Å². The number of halogens is 1. The SMILES string of the molecule is CCC.CCc1ccc(F)cc1.NCCCc1ccccc1. The van der Waals surface area contributed by atoms with Crippen molar-refractivity contribution in [3.05, 3.63) is 71.5 Å². The Hall–Kier alpha value is -1.67. The predicted octanol–water partition coefficient (Wildman–Crippen LogP) is 5.38. The van der Waals surface area contributed by atoms with E-state index in [4.69, 9.17) is 5.73 Å². The molecule has 0 aliphatic rings. The summed E-state index contributed by atoms with van der Waals surface area (Å²) in [7, 11) is 0. The molecule has 2 heteroatoms. The average molecular weight is 303 g/mol. The van der Waals surface area contributed by atoms with Crippen LogP contribution in [0.1, 0.15) is 44.7 Å². The molecular formula is C20H30FN. The van der Waals surface area contributed by atoms with Crippen LogP contribution in [0.15, 0.2) is 54.6 Å². The van der Waals surface area contributed by atoms with Crippen molar-refractivity contribution in [3.8, 4) is 0 Å². The molecule has 0 amide bonds. The molecule has 0 aliphatic heterocycles. The van der Waals surface area contributed by atoms with Crippen LogP contribution in [-0.4, -0.2) is 6.54 Å². The van der Waals surface area contributed by atoms with Gasteiger partial charge in [-0.15, -0.1) is 0 Å². The zero-order chi connectivity index (χ0) is 16.6. The summed E-state index contributed by atoms with van der Waals surface area (Å²) in [5.41, 5.74) is 7.94. The van der Waals surface area contributed by atoms with E-state index in [0.29, 0.717) is 0 Å². The Morgan fingerprint density at radius 1 is 0.818 bits per heavy atom. The molecule has 2 aromatic carbocycles. The van der Waals surface area contributed by atoms with Crippen molar-refractivity contribution in [1.29, 1.82) is 0 Å². The zero-order valence-corrected chi connectivity index (χ0v) is 14.2. The fourth-order valence-electron chi connectivity index (χ4n) is 1.67. The number of hydrogen-bond acceptors (Lipinski definition) is 1. The van der Waals surface area contributed by atoms with Crippen LogP contribution in [0.3, 0.4) is 0 Å². The third-order valence-electron chi connectivity index (χ3n) is 2.83. The van der Waals surface area contributed by atoms with Crippen molar-refractivity contribution >= 4 is 0 Å². The molecule has 0 spiro atoms. The molecule has 0 aromatic heterocycles. The first-order chi connectivity index (χ1) is 10.7. The number of rotatable bonds is 4. The van der Waals surface area contributed by atoms with E-state index in [1.165, 1.54) is 29.7 Å². The van der Waals surface area contributed by atoms with Crippen LogP contribution in [0, 0.1) is 5.82 Å². The quantitative estimate of drug-likeness (QED) is 0.806. The maximum absolute atomic E-state index is 12.2. The molecule has 122 valence electrons. The lowest BCUT2D eigenvalue weighted by atomic mass is 10.1. The Morgan fingerprint density at radius 3 is 1.82 bits per heavy atom. The van der Waals surface area contributed by atoms with Gasteiger partial charge in [-0.3, -0.25) is 0 Å². The number of benzene rings is 2. The summed E-state index contributed by atoms with van der Waals surface area (Å²) in [6.45, 7) is 7.09. The molecular weight excluding hydrogens is 273 g/mol. The first-order valence-corrected chi connectivity index (χ1v) is 8.16. The van der Waals surface area contributed by atoms with Crippen molar-refractivity contribution in [2.75, 3.05) is 6.54 Å². The van der Waals surface area contributed by atoms with Crippen LogP contribution >= 0.6 is 0 Å². The highest BCUT2D eigenvalue weighted by Gasteiger charge is 1.88. The average Bonchev–Trinajstić information content (AvgIpc) is 2.56. The molecule has 0 saturated heterocycles. The van der Waals surface area contributed by atoms with Gasteiger partial charge in [0.1, 0.15) is 5.82 Å². The van der Waals surface area contributed by atoms with E-state index in [2.05, 4.69) is 38.1 Å². The summed E-state index contributed by atoms with van der Waals surface area (Å²) < 4.78 is 12.2. The van der Waals surface area contributed by atoms with Crippen LogP contribution in [0.2, 0.25) is 0 Å². The summed E-state index contributed by atoms with van der Waals surface area (Å²) >= 11 is 0. The van der Waals surface area contributed by atoms with Gasteiger partial charge in [-0.2, -0.15) is 0 Å². The first-order valence-electron chi connectivity index (χ1n) is 8.16. The van der Waals surface area contributed by atoms with Gasteiger partial charge in [-0.25, -0.2) is 4.39 Å². The third-order valence-corrected chi connectivity index (χ3v) is 2.83. The lowest BCUT2D eigenvalue weighted by Crippen LogP contribution is -1.99. The smallest absolute Gasteiger partial charge is 0.123 e.